The number of anilines is 1. The van der Waals surface area contributed by atoms with Crippen molar-refractivity contribution < 1.29 is 8.95 Å². The van der Waals surface area contributed by atoms with Gasteiger partial charge in [-0.05, 0) is 58.5 Å². The van der Waals surface area contributed by atoms with Gasteiger partial charge in [-0.25, -0.2) is 19.0 Å². The second-order valence-corrected chi connectivity index (χ2v) is 10.1. The molecule has 1 heterocycles. The summed E-state index contributed by atoms with van der Waals surface area (Å²) in [6, 6.07) is 11.0. The summed E-state index contributed by atoms with van der Waals surface area (Å²) in [7, 11) is -2.75. The molecule has 1 aliphatic rings. The number of nitrogens with zero attached hydrogens (tertiary/aromatic N) is 2. The number of hydrogen-bond acceptors (Lipinski definition) is 6. The van der Waals surface area contributed by atoms with Gasteiger partial charge < -0.3 is 10.1 Å². The van der Waals surface area contributed by atoms with E-state index in [1.165, 1.54) is 19.1 Å². The Bertz CT molecular complexity index is 1130. The Labute approximate surface area is 172 Å². The van der Waals surface area contributed by atoms with Crippen LogP contribution < -0.4 is 10.1 Å². The van der Waals surface area contributed by atoms with E-state index in [1.54, 1.807) is 24.5 Å². The van der Waals surface area contributed by atoms with Gasteiger partial charge in [-0.15, -0.1) is 0 Å². The SMILES string of the molecule is CS(=N)(=O)c1cccc(COc2cc3ncnc(NCC4CC4)c3cc2Br)c1. The van der Waals surface area contributed by atoms with Crippen molar-refractivity contribution in [3.8, 4) is 5.75 Å². The Morgan fingerprint density at radius 1 is 1.29 bits per heavy atom. The van der Waals surface area contributed by atoms with Crippen LogP contribution in [-0.2, 0) is 16.3 Å². The molecule has 8 heteroatoms. The number of rotatable bonds is 7. The molecule has 2 aromatic carbocycles. The molecule has 1 saturated carbocycles. The summed E-state index contributed by atoms with van der Waals surface area (Å²) in [5, 5.41) is 4.37. The number of fused-ring (bicyclic) bond motifs is 1. The van der Waals surface area contributed by atoms with Crippen molar-refractivity contribution in [3.63, 3.8) is 0 Å². The predicted molar refractivity (Wildman–Crippen MR) is 114 cm³/mol. The normalized spacial score (nSPS) is 15.9. The molecule has 1 aliphatic carbocycles. The monoisotopic (exact) mass is 460 g/mol. The minimum atomic E-state index is -2.75. The van der Waals surface area contributed by atoms with Crippen LogP contribution in [0.2, 0.25) is 0 Å². The zero-order valence-electron chi connectivity index (χ0n) is 15.4. The molecule has 1 unspecified atom stereocenters. The quantitative estimate of drug-likeness (QED) is 0.526. The Balaban J connectivity index is 1.55. The molecule has 0 spiro atoms. The van der Waals surface area contributed by atoms with Crippen LogP contribution in [0.15, 0.2) is 52.1 Å². The second-order valence-electron chi connectivity index (χ2n) is 7.13. The molecular formula is C20H21BrN4O2S. The lowest BCUT2D eigenvalue weighted by molar-refractivity contribution is 0.304. The summed E-state index contributed by atoms with van der Waals surface area (Å²) in [6.45, 7) is 1.25. The van der Waals surface area contributed by atoms with Gasteiger partial charge in [-0.3, -0.25) is 0 Å². The lowest BCUT2D eigenvalue weighted by Crippen LogP contribution is -2.06. The van der Waals surface area contributed by atoms with Gasteiger partial charge in [0.2, 0.25) is 0 Å². The van der Waals surface area contributed by atoms with Gasteiger partial charge in [-0.2, -0.15) is 0 Å². The van der Waals surface area contributed by atoms with Gasteiger partial charge in [-0.1, -0.05) is 12.1 Å². The summed E-state index contributed by atoms with van der Waals surface area (Å²) >= 11 is 3.58. The van der Waals surface area contributed by atoms with Crippen LogP contribution in [-0.4, -0.2) is 27.0 Å². The predicted octanol–water partition coefficient (Wildman–Crippen LogP) is 4.83. The van der Waals surface area contributed by atoms with Gasteiger partial charge >= 0.3 is 0 Å². The van der Waals surface area contributed by atoms with Crippen LogP contribution in [0.4, 0.5) is 5.82 Å². The van der Waals surface area contributed by atoms with Gasteiger partial charge in [0.05, 0.1) is 19.7 Å². The third-order valence-electron chi connectivity index (χ3n) is 4.69. The molecule has 0 saturated heterocycles. The van der Waals surface area contributed by atoms with E-state index < -0.39 is 9.73 Å². The van der Waals surface area contributed by atoms with Crippen LogP contribution in [0.25, 0.3) is 10.9 Å². The average Bonchev–Trinajstić information content (AvgIpc) is 3.49. The van der Waals surface area contributed by atoms with E-state index in [0.29, 0.717) is 17.3 Å². The van der Waals surface area contributed by atoms with Crippen molar-refractivity contribution in [2.75, 3.05) is 18.1 Å². The maximum Gasteiger partial charge on any atom is 0.137 e. The number of nitrogens with one attached hydrogen (secondary N) is 2. The summed E-state index contributed by atoms with van der Waals surface area (Å²) in [4.78, 5) is 9.25. The summed E-state index contributed by atoms with van der Waals surface area (Å²) in [5.41, 5.74) is 1.67. The number of halogens is 1. The van der Waals surface area contributed by atoms with Crippen molar-refractivity contribution in [1.82, 2.24) is 9.97 Å². The van der Waals surface area contributed by atoms with E-state index in [4.69, 9.17) is 9.52 Å². The van der Waals surface area contributed by atoms with Crippen LogP contribution in [0.5, 0.6) is 5.75 Å². The Morgan fingerprint density at radius 3 is 2.86 bits per heavy atom. The van der Waals surface area contributed by atoms with Crippen molar-refractivity contribution >= 4 is 42.4 Å². The third-order valence-corrected chi connectivity index (χ3v) is 6.46. The van der Waals surface area contributed by atoms with Gasteiger partial charge in [0.25, 0.3) is 0 Å². The molecule has 4 rings (SSSR count). The van der Waals surface area contributed by atoms with Crippen molar-refractivity contribution in [2.24, 2.45) is 5.92 Å². The number of aromatic nitrogens is 2. The number of hydrogen-bond donors (Lipinski definition) is 2. The zero-order valence-corrected chi connectivity index (χ0v) is 17.8. The van der Waals surface area contributed by atoms with Crippen LogP contribution >= 0.6 is 15.9 Å². The first-order valence-corrected chi connectivity index (χ1v) is 11.8. The largest absolute Gasteiger partial charge is 0.488 e. The van der Waals surface area contributed by atoms with Crippen LogP contribution in [0, 0.1) is 10.7 Å². The van der Waals surface area contributed by atoms with Gasteiger partial charge in [0.15, 0.2) is 0 Å². The first kappa shape index (κ1) is 19.1. The molecule has 2 N–H and O–H groups in total. The van der Waals surface area contributed by atoms with Crippen molar-refractivity contribution in [3.05, 3.63) is 52.8 Å². The van der Waals surface area contributed by atoms with Crippen molar-refractivity contribution in [1.29, 1.82) is 4.78 Å². The maximum atomic E-state index is 11.9. The first-order chi connectivity index (χ1) is 13.4. The van der Waals surface area contributed by atoms with Gasteiger partial charge in [0, 0.05) is 29.1 Å². The van der Waals surface area contributed by atoms with E-state index in [9.17, 15) is 4.21 Å². The van der Waals surface area contributed by atoms with Crippen LogP contribution in [0.1, 0.15) is 18.4 Å². The van der Waals surface area contributed by atoms with Crippen molar-refractivity contribution in [2.45, 2.75) is 24.3 Å². The molecule has 146 valence electrons. The van der Waals surface area contributed by atoms with E-state index >= 15 is 0 Å². The fourth-order valence-electron chi connectivity index (χ4n) is 2.91. The Kier molecular flexibility index (Phi) is 5.25. The Hall–Kier alpha value is -2.19. The molecule has 1 fully saturated rings. The Morgan fingerprint density at radius 2 is 2.11 bits per heavy atom. The fourth-order valence-corrected chi connectivity index (χ4v) is 4.08. The number of benzene rings is 2. The van der Waals surface area contributed by atoms with E-state index in [0.717, 1.165) is 39.2 Å². The van der Waals surface area contributed by atoms with E-state index in [2.05, 4.69) is 31.2 Å². The number of ether oxygens (including phenoxy) is 1. The highest BCUT2D eigenvalue weighted by atomic mass is 79.9. The van der Waals surface area contributed by atoms with E-state index in [-0.39, 0.29) is 0 Å². The lowest BCUT2D eigenvalue weighted by Gasteiger charge is -2.12. The highest BCUT2D eigenvalue weighted by molar-refractivity contribution is 9.10. The minimum absolute atomic E-state index is 0.311. The molecule has 0 radical (unpaired) electrons. The average molecular weight is 461 g/mol. The molecule has 3 aromatic rings. The first-order valence-electron chi connectivity index (χ1n) is 9.04. The summed E-state index contributed by atoms with van der Waals surface area (Å²) in [6.07, 6.45) is 5.55. The zero-order chi connectivity index (χ0) is 19.7. The molecule has 28 heavy (non-hydrogen) atoms. The topological polar surface area (TPSA) is 88.0 Å². The smallest absolute Gasteiger partial charge is 0.137 e. The highest BCUT2D eigenvalue weighted by Gasteiger charge is 2.21. The molecule has 1 atom stereocenters. The molecule has 0 amide bonds. The molecule has 6 nitrogen and oxygen atoms in total. The lowest BCUT2D eigenvalue weighted by atomic mass is 10.2. The third kappa shape index (κ3) is 4.44. The molecule has 1 aromatic heterocycles. The van der Waals surface area contributed by atoms with Gasteiger partial charge in [0.1, 0.15) is 24.5 Å². The maximum absolute atomic E-state index is 11.9. The fraction of sp³-hybridized carbons (Fsp3) is 0.300. The summed E-state index contributed by atoms with van der Waals surface area (Å²) < 4.78 is 26.5. The minimum Gasteiger partial charge on any atom is -0.488 e. The second kappa shape index (κ2) is 7.67. The summed E-state index contributed by atoms with van der Waals surface area (Å²) in [5.74, 6) is 2.27. The molecular weight excluding hydrogens is 440 g/mol. The standard InChI is InChI=1S/C20H21BrN4O2S/c1-28(22,26)15-4-2-3-14(7-15)11-27-19-9-18-16(8-17(19)21)20(25-12-24-18)23-10-13-5-6-13/h2-4,7-9,12-13,22H,5-6,10-11H2,1H3,(H,23,24,25). The molecule has 0 aliphatic heterocycles. The van der Waals surface area contributed by atoms with E-state index in [1.807, 2.05) is 18.2 Å². The molecule has 0 bridgehead atoms. The highest BCUT2D eigenvalue weighted by Crippen LogP contribution is 2.34. The van der Waals surface area contributed by atoms with Crippen LogP contribution in [0.3, 0.4) is 0 Å².